The van der Waals surface area contributed by atoms with Crippen molar-refractivity contribution in [2.24, 2.45) is 10.8 Å². The van der Waals surface area contributed by atoms with Crippen molar-refractivity contribution in [3.8, 4) is 0 Å². The monoisotopic (exact) mass is 236 g/mol. The predicted molar refractivity (Wildman–Crippen MR) is 68.8 cm³/mol. The Morgan fingerprint density at radius 3 is 1.59 bits per heavy atom. The van der Waals surface area contributed by atoms with E-state index in [0.717, 1.165) is 0 Å². The zero-order valence-electron chi connectivity index (χ0n) is 11.9. The Bertz CT molecular complexity index is 347. The third-order valence-electron chi connectivity index (χ3n) is 4.44. The van der Waals surface area contributed by atoms with Crippen molar-refractivity contribution in [3.63, 3.8) is 0 Å². The molecule has 2 heterocycles. The Balaban J connectivity index is 2.47. The molecule has 0 aromatic heterocycles. The van der Waals surface area contributed by atoms with E-state index in [1.807, 2.05) is 0 Å². The number of fused-ring (bicyclic) bond motifs is 2. The van der Waals surface area contributed by atoms with Gasteiger partial charge in [0.05, 0.1) is 11.2 Å². The van der Waals surface area contributed by atoms with E-state index in [1.165, 1.54) is 0 Å². The molecule has 0 N–H and O–H groups in total. The number of Topliss-reactive ketones (excluding diaryl/α,β-unsaturated/α-hetero) is 1. The summed E-state index contributed by atoms with van der Waals surface area (Å²) in [6.07, 6.45) is 5.32. The Kier molecular flexibility index (Phi) is 2.43. The standard InChI is InChI=1S/C15H24O2/c1-12(2,3)14-7-8-15(17-14,13(4,5)6)10-11(16)9-14/h7-8H,9-10H2,1-6H3. The smallest absolute Gasteiger partial charge is 0.139 e. The lowest BCUT2D eigenvalue weighted by atomic mass is 9.69. The Morgan fingerprint density at radius 1 is 0.941 bits per heavy atom. The second-order valence-corrected chi connectivity index (χ2v) is 7.61. The number of carbonyl (C=O) groups is 1. The molecule has 2 atom stereocenters. The van der Waals surface area contributed by atoms with Crippen LogP contribution in [0.2, 0.25) is 0 Å². The van der Waals surface area contributed by atoms with E-state index in [0.29, 0.717) is 18.6 Å². The summed E-state index contributed by atoms with van der Waals surface area (Å²) in [4.78, 5) is 12.1. The summed E-state index contributed by atoms with van der Waals surface area (Å²) in [5, 5.41) is 0. The van der Waals surface area contributed by atoms with Crippen molar-refractivity contribution in [2.45, 2.75) is 65.6 Å². The average Bonchev–Trinajstić information content (AvgIpc) is 2.38. The van der Waals surface area contributed by atoms with Crippen molar-refractivity contribution >= 4 is 5.78 Å². The quantitative estimate of drug-likeness (QED) is 0.602. The van der Waals surface area contributed by atoms with E-state index in [-0.39, 0.29) is 10.8 Å². The first kappa shape index (κ1) is 12.8. The SMILES string of the molecule is CC(C)(C)C12C=CC(C(C)(C)C)(CC(=O)C1)O2. The van der Waals surface area contributed by atoms with E-state index < -0.39 is 11.2 Å². The predicted octanol–water partition coefficient (Wildman–Crippen LogP) is 3.51. The van der Waals surface area contributed by atoms with Crippen LogP contribution < -0.4 is 0 Å². The summed E-state index contributed by atoms with van der Waals surface area (Å²) in [7, 11) is 0. The zero-order chi connectivity index (χ0) is 13.1. The number of ether oxygens (including phenoxy) is 1. The van der Waals surface area contributed by atoms with E-state index in [9.17, 15) is 4.79 Å². The molecule has 0 aromatic carbocycles. The Hall–Kier alpha value is -0.630. The van der Waals surface area contributed by atoms with Crippen molar-refractivity contribution in [2.75, 3.05) is 0 Å². The van der Waals surface area contributed by atoms with Crippen LogP contribution >= 0.6 is 0 Å². The van der Waals surface area contributed by atoms with Crippen LogP contribution in [0.25, 0.3) is 0 Å². The van der Waals surface area contributed by atoms with Crippen LogP contribution in [-0.2, 0) is 9.53 Å². The fourth-order valence-electron chi connectivity index (χ4n) is 2.84. The lowest BCUT2D eigenvalue weighted by Gasteiger charge is -2.51. The summed E-state index contributed by atoms with van der Waals surface area (Å²) in [6, 6.07) is 0. The first-order valence-electron chi connectivity index (χ1n) is 6.44. The highest BCUT2D eigenvalue weighted by Gasteiger charge is 2.59. The number of ketones is 1. The van der Waals surface area contributed by atoms with E-state index in [1.54, 1.807) is 0 Å². The van der Waals surface area contributed by atoms with Crippen molar-refractivity contribution in [1.29, 1.82) is 0 Å². The molecule has 1 fully saturated rings. The summed E-state index contributed by atoms with van der Waals surface area (Å²) in [5.41, 5.74) is -0.912. The van der Waals surface area contributed by atoms with E-state index in [2.05, 4.69) is 53.7 Å². The van der Waals surface area contributed by atoms with Gasteiger partial charge in [-0.3, -0.25) is 4.79 Å². The number of carbonyl (C=O) groups excluding carboxylic acids is 1. The van der Waals surface area contributed by atoms with Gasteiger partial charge < -0.3 is 4.74 Å². The van der Waals surface area contributed by atoms with Crippen LogP contribution in [0.15, 0.2) is 12.2 Å². The second kappa shape index (κ2) is 3.23. The topological polar surface area (TPSA) is 26.3 Å². The van der Waals surface area contributed by atoms with Gasteiger partial charge in [-0.15, -0.1) is 0 Å². The molecule has 2 nitrogen and oxygen atoms in total. The Labute approximate surface area is 104 Å². The average molecular weight is 236 g/mol. The fraction of sp³-hybridized carbons (Fsp3) is 0.800. The molecule has 2 rings (SSSR count). The summed E-state index contributed by atoms with van der Waals surface area (Å²) < 4.78 is 6.44. The maximum Gasteiger partial charge on any atom is 0.139 e. The Morgan fingerprint density at radius 2 is 1.29 bits per heavy atom. The van der Waals surface area contributed by atoms with Crippen molar-refractivity contribution in [1.82, 2.24) is 0 Å². The van der Waals surface area contributed by atoms with Crippen LogP contribution in [-0.4, -0.2) is 17.0 Å². The molecule has 0 aromatic rings. The highest BCUT2D eigenvalue weighted by Crippen LogP contribution is 2.55. The summed E-state index contributed by atoms with van der Waals surface area (Å²) in [5.74, 6) is 0.325. The molecule has 2 heteroatoms. The second-order valence-electron chi connectivity index (χ2n) is 7.61. The van der Waals surface area contributed by atoms with Crippen LogP contribution in [0.5, 0.6) is 0 Å². The molecule has 17 heavy (non-hydrogen) atoms. The van der Waals surface area contributed by atoms with Gasteiger partial charge >= 0.3 is 0 Å². The normalized spacial score (nSPS) is 37.6. The molecule has 2 unspecified atom stereocenters. The van der Waals surface area contributed by atoms with Gasteiger partial charge in [0.25, 0.3) is 0 Å². The van der Waals surface area contributed by atoms with Crippen LogP contribution in [0.1, 0.15) is 54.4 Å². The first-order chi connectivity index (χ1) is 7.52. The maximum absolute atomic E-state index is 12.1. The van der Waals surface area contributed by atoms with Crippen molar-refractivity contribution < 1.29 is 9.53 Å². The lowest BCUT2D eigenvalue weighted by Crippen LogP contribution is -2.56. The molecule has 96 valence electrons. The number of hydrogen-bond acceptors (Lipinski definition) is 2. The lowest BCUT2D eigenvalue weighted by molar-refractivity contribution is -0.203. The summed E-state index contributed by atoms with van der Waals surface area (Å²) >= 11 is 0. The molecule has 1 saturated heterocycles. The third kappa shape index (κ3) is 1.69. The number of rotatable bonds is 0. The molecule has 2 aliphatic rings. The molecule has 0 saturated carbocycles. The molecule has 2 bridgehead atoms. The van der Waals surface area contributed by atoms with E-state index >= 15 is 0 Å². The van der Waals surface area contributed by atoms with Gasteiger partial charge in [0.2, 0.25) is 0 Å². The molecular weight excluding hydrogens is 212 g/mol. The molecular formula is C15H24O2. The van der Waals surface area contributed by atoms with Gasteiger partial charge in [0.1, 0.15) is 5.78 Å². The van der Waals surface area contributed by atoms with Gasteiger partial charge in [-0.05, 0) is 10.8 Å². The molecule has 0 aliphatic carbocycles. The number of hydrogen-bond donors (Lipinski definition) is 0. The summed E-state index contributed by atoms with van der Waals surface area (Å²) in [6.45, 7) is 12.9. The third-order valence-corrected chi connectivity index (χ3v) is 4.44. The van der Waals surface area contributed by atoms with Crippen molar-refractivity contribution in [3.05, 3.63) is 12.2 Å². The first-order valence-corrected chi connectivity index (χ1v) is 6.44. The van der Waals surface area contributed by atoms with Gasteiger partial charge in [0, 0.05) is 12.8 Å². The maximum atomic E-state index is 12.1. The molecule has 0 radical (unpaired) electrons. The highest BCUT2D eigenvalue weighted by molar-refractivity contribution is 5.83. The van der Waals surface area contributed by atoms with Gasteiger partial charge in [-0.2, -0.15) is 0 Å². The molecule has 2 aliphatic heterocycles. The molecule has 0 amide bonds. The highest BCUT2D eigenvalue weighted by atomic mass is 16.5. The fourth-order valence-corrected chi connectivity index (χ4v) is 2.84. The zero-order valence-corrected chi connectivity index (χ0v) is 11.9. The van der Waals surface area contributed by atoms with Gasteiger partial charge in [-0.25, -0.2) is 0 Å². The minimum Gasteiger partial charge on any atom is -0.358 e. The minimum atomic E-state index is -0.407. The van der Waals surface area contributed by atoms with E-state index in [4.69, 9.17) is 4.74 Å². The molecule has 0 spiro atoms. The van der Waals surface area contributed by atoms with Gasteiger partial charge in [-0.1, -0.05) is 53.7 Å². The largest absolute Gasteiger partial charge is 0.358 e. The van der Waals surface area contributed by atoms with Crippen LogP contribution in [0, 0.1) is 10.8 Å². The van der Waals surface area contributed by atoms with Gasteiger partial charge in [0.15, 0.2) is 0 Å². The van der Waals surface area contributed by atoms with Crippen LogP contribution in [0.3, 0.4) is 0 Å². The minimum absolute atomic E-state index is 0.0490. The van der Waals surface area contributed by atoms with Crippen LogP contribution in [0.4, 0.5) is 0 Å².